The van der Waals surface area contributed by atoms with Crippen molar-refractivity contribution in [3.8, 4) is 0 Å². The average Bonchev–Trinajstić information content (AvgIpc) is 3.13. The smallest absolute Gasteiger partial charge is 0.230 e. The number of para-hydroxylation sites is 1. The molecule has 0 aliphatic heterocycles. The van der Waals surface area contributed by atoms with Crippen molar-refractivity contribution in [3.05, 3.63) is 81.9 Å². The SMILES string of the molecule is CC(=O)N(c1nc(C=CC(=O)c2ccc(F)c(F)c2)cs1)c1c(C)cccc1C. The Bertz CT molecular complexity index is 1100. The van der Waals surface area contributed by atoms with Crippen LogP contribution in [0.5, 0.6) is 0 Å². The maximum absolute atomic E-state index is 13.3. The Kier molecular flexibility index (Phi) is 5.98. The Labute approximate surface area is 171 Å². The van der Waals surface area contributed by atoms with Crippen LogP contribution in [0.2, 0.25) is 0 Å². The second-order valence-electron chi connectivity index (χ2n) is 6.48. The third-order valence-corrected chi connectivity index (χ3v) is 5.13. The minimum absolute atomic E-state index is 0.0384. The number of anilines is 2. The van der Waals surface area contributed by atoms with Crippen molar-refractivity contribution in [2.45, 2.75) is 20.8 Å². The maximum atomic E-state index is 13.3. The van der Waals surface area contributed by atoms with Gasteiger partial charge in [0, 0.05) is 17.9 Å². The number of aryl methyl sites for hydroxylation is 2. The fraction of sp³-hybridized carbons (Fsp3) is 0.136. The quantitative estimate of drug-likeness (QED) is 0.404. The Morgan fingerprint density at radius 1 is 1.07 bits per heavy atom. The van der Waals surface area contributed by atoms with Crippen molar-refractivity contribution in [1.29, 1.82) is 0 Å². The molecule has 1 aromatic heterocycles. The fourth-order valence-electron chi connectivity index (χ4n) is 2.91. The highest BCUT2D eigenvalue weighted by molar-refractivity contribution is 7.14. The van der Waals surface area contributed by atoms with Crippen LogP contribution in [0.1, 0.15) is 34.1 Å². The number of ketones is 1. The van der Waals surface area contributed by atoms with Crippen molar-refractivity contribution in [3.63, 3.8) is 0 Å². The molecule has 3 rings (SSSR count). The maximum Gasteiger partial charge on any atom is 0.230 e. The molecule has 29 heavy (non-hydrogen) atoms. The van der Waals surface area contributed by atoms with E-state index in [1.54, 1.807) is 10.3 Å². The van der Waals surface area contributed by atoms with E-state index in [2.05, 4.69) is 4.98 Å². The molecule has 1 amide bonds. The highest BCUT2D eigenvalue weighted by atomic mass is 32.1. The molecule has 0 unspecified atom stereocenters. The molecular formula is C22H18F2N2O2S. The lowest BCUT2D eigenvalue weighted by molar-refractivity contribution is -0.115. The predicted octanol–water partition coefficient (Wildman–Crippen LogP) is 5.62. The lowest BCUT2D eigenvalue weighted by Gasteiger charge is -2.22. The van der Waals surface area contributed by atoms with Gasteiger partial charge in [-0.05, 0) is 55.3 Å². The first-order valence-electron chi connectivity index (χ1n) is 8.78. The molecule has 0 bridgehead atoms. The summed E-state index contributed by atoms with van der Waals surface area (Å²) in [6, 6.07) is 8.75. The van der Waals surface area contributed by atoms with Gasteiger partial charge in [-0.3, -0.25) is 14.5 Å². The zero-order chi connectivity index (χ0) is 21.1. The molecule has 0 atom stereocenters. The molecule has 0 N–H and O–H groups in total. The van der Waals surface area contributed by atoms with E-state index in [-0.39, 0.29) is 11.5 Å². The predicted molar refractivity (Wildman–Crippen MR) is 111 cm³/mol. The summed E-state index contributed by atoms with van der Waals surface area (Å²) in [5, 5.41) is 2.20. The largest absolute Gasteiger partial charge is 0.289 e. The fourth-order valence-corrected chi connectivity index (χ4v) is 3.75. The number of thiazole rings is 1. The number of aromatic nitrogens is 1. The van der Waals surface area contributed by atoms with Gasteiger partial charge in [-0.25, -0.2) is 13.8 Å². The van der Waals surface area contributed by atoms with Crippen molar-refractivity contribution >= 4 is 39.9 Å². The molecule has 7 heteroatoms. The summed E-state index contributed by atoms with van der Waals surface area (Å²) in [5.74, 6) is -2.74. The van der Waals surface area contributed by atoms with Gasteiger partial charge in [0.15, 0.2) is 22.5 Å². The first kappa shape index (κ1) is 20.5. The van der Waals surface area contributed by atoms with Crippen molar-refractivity contribution in [2.24, 2.45) is 0 Å². The first-order valence-corrected chi connectivity index (χ1v) is 9.66. The van der Waals surface area contributed by atoms with Gasteiger partial charge in [0.25, 0.3) is 0 Å². The summed E-state index contributed by atoms with van der Waals surface area (Å²) in [4.78, 5) is 30.5. The Hall–Kier alpha value is -3.19. The minimum atomic E-state index is -1.08. The normalized spacial score (nSPS) is 11.1. The van der Waals surface area contributed by atoms with Gasteiger partial charge in [0.1, 0.15) is 0 Å². The summed E-state index contributed by atoms with van der Waals surface area (Å²) >= 11 is 1.27. The van der Waals surface area contributed by atoms with Crippen LogP contribution in [0, 0.1) is 25.5 Å². The molecule has 0 spiro atoms. The van der Waals surface area contributed by atoms with Crippen LogP contribution in [-0.4, -0.2) is 16.7 Å². The molecule has 3 aromatic rings. The highest BCUT2D eigenvalue weighted by Gasteiger charge is 2.21. The molecule has 0 radical (unpaired) electrons. The van der Waals surface area contributed by atoms with E-state index in [9.17, 15) is 18.4 Å². The number of hydrogen-bond acceptors (Lipinski definition) is 4. The number of rotatable bonds is 5. The van der Waals surface area contributed by atoms with Crippen LogP contribution in [0.25, 0.3) is 6.08 Å². The summed E-state index contributed by atoms with van der Waals surface area (Å²) in [7, 11) is 0. The third-order valence-electron chi connectivity index (χ3n) is 4.29. The number of nitrogens with zero attached hydrogens (tertiary/aromatic N) is 2. The van der Waals surface area contributed by atoms with Crippen molar-refractivity contribution < 1.29 is 18.4 Å². The van der Waals surface area contributed by atoms with Gasteiger partial charge < -0.3 is 0 Å². The van der Waals surface area contributed by atoms with E-state index in [0.717, 1.165) is 28.9 Å². The molecule has 0 saturated heterocycles. The number of allylic oxidation sites excluding steroid dienone is 1. The molecular weight excluding hydrogens is 394 g/mol. The zero-order valence-corrected chi connectivity index (χ0v) is 16.9. The van der Waals surface area contributed by atoms with Crippen LogP contribution in [-0.2, 0) is 4.79 Å². The number of carbonyl (C=O) groups is 2. The van der Waals surface area contributed by atoms with Gasteiger partial charge in [-0.15, -0.1) is 11.3 Å². The summed E-state index contributed by atoms with van der Waals surface area (Å²) in [6.45, 7) is 5.32. The average molecular weight is 412 g/mol. The first-order chi connectivity index (χ1) is 13.8. The van der Waals surface area contributed by atoms with Crippen LogP contribution < -0.4 is 4.90 Å². The topological polar surface area (TPSA) is 50.3 Å². The Balaban J connectivity index is 1.87. The second kappa shape index (κ2) is 8.45. The number of benzene rings is 2. The van der Waals surface area contributed by atoms with E-state index >= 15 is 0 Å². The molecule has 2 aromatic carbocycles. The molecule has 0 aliphatic rings. The second-order valence-corrected chi connectivity index (χ2v) is 7.31. The van der Waals surface area contributed by atoms with Gasteiger partial charge in [0.2, 0.25) is 5.91 Å². The molecule has 0 aliphatic carbocycles. The van der Waals surface area contributed by atoms with Crippen molar-refractivity contribution in [1.82, 2.24) is 4.98 Å². The molecule has 0 fully saturated rings. The molecule has 4 nitrogen and oxygen atoms in total. The van der Waals surface area contributed by atoms with E-state index in [1.807, 2.05) is 32.0 Å². The minimum Gasteiger partial charge on any atom is -0.289 e. The monoisotopic (exact) mass is 412 g/mol. The standard InChI is InChI=1S/C22H18F2N2O2S/c1-13-5-4-6-14(2)21(13)26(15(3)27)22-25-17(12-29-22)8-10-20(28)16-7-9-18(23)19(24)11-16/h4-12H,1-3H3. The van der Waals surface area contributed by atoms with Gasteiger partial charge in [-0.1, -0.05) is 18.2 Å². The third kappa shape index (κ3) is 4.46. The Morgan fingerprint density at radius 2 is 1.76 bits per heavy atom. The number of halogens is 2. The van der Waals surface area contributed by atoms with Crippen LogP contribution in [0.3, 0.4) is 0 Å². The summed E-state index contributed by atoms with van der Waals surface area (Å²) < 4.78 is 26.3. The van der Waals surface area contributed by atoms with Gasteiger partial charge in [0.05, 0.1) is 11.4 Å². The van der Waals surface area contributed by atoms with E-state index < -0.39 is 17.4 Å². The van der Waals surface area contributed by atoms with E-state index in [0.29, 0.717) is 10.8 Å². The molecule has 148 valence electrons. The van der Waals surface area contributed by atoms with E-state index in [4.69, 9.17) is 0 Å². The lowest BCUT2D eigenvalue weighted by Crippen LogP contribution is -2.24. The van der Waals surface area contributed by atoms with Crippen LogP contribution in [0.15, 0.2) is 47.9 Å². The molecule has 0 saturated carbocycles. The number of amides is 1. The Morgan fingerprint density at radius 3 is 2.38 bits per heavy atom. The van der Waals surface area contributed by atoms with E-state index in [1.165, 1.54) is 36.5 Å². The van der Waals surface area contributed by atoms with Gasteiger partial charge >= 0.3 is 0 Å². The number of carbonyl (C=O) groups excluding carboxylic acids is 2. The van der Waals surface area contributed by atoms with Crippen molar-refractivity contribution in [2.75, 3.05) is 4.90 Å². The zero-order valence-electron chi connectivity index (χ0n) is 16.1. The summed E-state index contributed by atoms with van der Waals surface area (Å²) in [6.07, 6.45) is 2.72. The van der Waals surface area contributed by atoms with Crippen LogP contribution >= 0.6 is 11.3 Å². The number of hydrogen-bond donors (Lipinski definition) is 0. The van der Waals surface area contributed by atoms with Gasteiger partial charge in [-0.2, -0.15) is 0 Å². The summed E-state index contributed by atoms with van der Waals surface area (Å²) in [5.41, 5.74) is 3.19. The van der Waals surface area contributed by atoms with Crippen LogP contribution in [0.4, 0.5) is 19.6 Å². The lowest BCUT2D eigenvalue weighted by atomic mass is 10.1. The molecule has 1 heterocycles. The highest BCUT2D eigenvalue weighted by Crippen LogP contribution is 2.33.